The third-order valence-electron chi connectivity index (χ3n) is 2.43. The summed E-state index contributed by atoms with van der Waals surface area (Å²) in [6.45, 7) is 11.9. The van der Waals surface area contributed by atoms with Crippen molar-refractivity contribution < 1.29 is 9.63 Å². The van der Waals surface area contributed by atoms with Crippen LogP contribution in [0, 0.1) is 0 Å². The van der Waals surface area contributed by atoms with Crippen LogP contribution in [0.4, 0.5) is 0 Å². The largest absolute Gasteiger partial charge is 0.368 e. The van der Waals surface area contributed by atoms with Crippen LogP contribution in [0.5, 0.6) is 0 Å². The van der Waals surface area contributed by atoms with Crippen LogP contribution >= 0.6 is 0 Å². The quantitative estimate of drug-likeness (QED) is 0.637. The second-order valence-corrected chi connectivity index (χ2v) is 4.92. The Kier molecular flexibility index (Phi) is 5.88. The van der Waals surface area contributed by atoms with E-state index >= 15 is 0 Å². The molecule has 0 atom stereocenters. The van der Waals surface area contributed by atoms with E-state index in [1.807, 2.05) is 18.9 Å². The van der Waals surface area contributed by atoms with Crippen molar-refractivity contribution in [3.8, 4) is 0 Å². The van der Waals surface area contributed by atoms with Gasteiger partial charge >= 0.3 is 5.97 Å². The first kappa shape index (κ1) is 14.4. The van der Waals surface area contributed by atoms with Crippen LogP contribution in [-0.2, 0) is 9.63 Å². The Morgan fingerprint density at radius 2 is 1.93 bits per heavy atom. The summed E-state index contributed by atoms with van der Waals surface area (Å²) >= 11 is 0. The molecule has 15 heavy (non-hydrogen) atoms. The fraction of sp³-hybridized carbons (Fsp3) is 0.917. The molecule has 0 radical (unpaired) electrons. The number of rotatable bonds is 6. The molecule has 0 saturated heterocycles. The van der Waals surface area contributed by atoms with E-state index in [0.717, 1.165) is 19.3 Å². The number of carbonyl (C=O) groups is 1. The average molecular weight is 215 g/mol. The second kappa shape index (κ2) is 6.11. The van der Waals surface area contributed by atoms with Gasteiger partial charge in [0.2, 0.25) is 0 Å². The van der Waals surface area contributed by atoms with Gasteiger partial charge in [-0.05, 0) is 34.1 Å². The summed E-state index contributed by atoms with van der Waals surface area (Å²) in [4.78, 5) is 16.3. The molecule has 3 nitrogen and oxygen atoms in total. The SMILES string of the molecule is CCCCC(C)(C)N(OC(C)=O)C(C)C. The first-order valence-electron chi connectivity index (χ1n) is 5.79. The summed E-state index contributed by atoms with van der Waals surface area (Å²) in [5.74, 6) is -0.242. The minimum absolute atomic E-state index is 0.0875. The van der Waals surface area contributed by atoms with Crippen molar-refractivity contribution in [2.45, 2.75) is 72.4 Å². The monoisotopic (exact) mass is 215 g/mol. The van der Waals surface area contributed by atoms with Crippen molar-refractivity contribution in [1.82, 2.24) is 5.06 Å². The fourth-order valence-electron chi connectivity index (χ4n) is 1.79. The summed E-state index contributed by atoms with van der Waals surface area (Å²) in [7, 11) is 0. The van der Waals surface area contributed by atoms with E-state index in [9.17, 15) is 4.79 Å². The summed E-state index contributed by atoms with van der Waals surface area (Å²) < 4.78 is 0. The lowest BCUT2D eigenvalue weighted by atomic mass is 9.96. The lowest BCUT2D eigenvalue weighted by Gasteiger charge is -2.39. The molecule has 0 unspecified atom stereocenters. The van der Waals surface area contributed by atoms with Gasteiger partial charge in [0.15, 0.2) is 0 Å². The molecule has 0 spiro atoms. The van der Waals surface area contributed by atoms with Gasteiger partial charge in [0.05, 0.1) is 5.54 Å². The Morgan fingerprint density at radius 1 is 1.40 bits per heavy atom. The van der Waals surface area contributed by atoms with Gasteiger partial charge in [-0.2, -0.15) is 0 Å². The standard InChI is InChI=1S/C12H25NO2/c1-7-8-9-12(5,6)13(10(2)3)15-11(4)14/h10H,7-9H2,1-6H3. The molecule has 0 fully saturated rings. The molecule has 0 saturated carbocycles. The van der Waals surface area contributed by atoms with Gasteiger partial charge in [-0.15, -0.1) is 5.06 Å². The summed E-state index contributed by atoms with van der Waals surface area (Å²) in [6.07, 6.45) is 3.35. The molecule has 0 aliphatic heterocycles. The molecule has 0 heterocycles. The van der Waals surface area contributed by atoms with E-state index in [-0.39, 0.29) is 17.6 Å². The molecule has 0 bridgehead atoms. The first-order valence-corrected chi connectivity index (χ1v) is 5.79. The topological polar surface area (TPSA) is 29.5 Å². The molecule has 0 aromatic carbocycles. The van der Waals surface area contributed by atoms with Crippen molar-refractivity contribution in [3.05, 3.63) is 0 Å². The Morgan fingerprint density at radius 3 is 2.27 bits per heavy atom. The van der Waals surface area contributed by atoms with Crippen LogP contribution in [0.1, 0.15) is 60.8 Å². The zero-order chi connectivity index (χ0) is 12.1. The molecule has 0 rings (SSSR count). The zero-order valence-corrected chi connectivity index (χ0v) is 11.0. The minimum Gasteiger partial charge on any atom is -0.368 e. The fourth-order valence-corrected chi connectivity index (χ4v) is 1.79. The summed E-state index contributed by atoms with van der Waals surface area (Å²) in [6, 6.07) is 0.209. The molecule has 0 aliphatic carbocycles. The number of unbranched alkanes of at least 4 members (excludes halogenated alkanes) is 1. The summed E-state index contributed by atoms with van der Waals surface area (Å²) in [5, 5.41) is 1.81. The Bertz CT molecular complexity index is 200. The maximum absolute atomic E-state index is 11.0. The summed E-state index contributed by atoms with van der Waals surface area (Å²) in [5.41, 5.74) is -0.0875. The Hall–Kier alpha value is -0.570. The van der Waals surface area contributed by atoms with E-state index in [4.69, 9.17) is 4.84 Å². The molecule has 3 heteroatoms. The highest BCUT2D eigenvalue weighted by Crippen LogP contribution is 2.24. The van der Waals surface area contributed by atoms with Crippen molar-refractivity contribution in [1.29, 1.82) is 0 Å². The van der Waals surface area contributed by atoms with E-state index in [2.05, 4.69) is 20.8 Å². The molecule has 0 N–H and O–H groups in total. The molecule has 0 amide bonds. The van der Waals surface area contributed by atoms with Gasteiger partial charge < -0.3 is 4.84 Å². The number of hydrogen-bond acceptors (Lipinski definition) is 3. The minimum atomic E-state index is -0.242. The van der Waals surface area contributed by atoms with Crippen molar-refractivity contribution >= 4 is 5.97 Å². The van der Waals surface area contributed by atoms with Crippen molar-refractivity contribution in [3.63, 3.8) is 0 Å². The van der Waals surface area contributed by atoms with Gasteiger partial charge in [-0.1, -0.05) is 19.8 Å². The number of hydrogen-bond donors (Lipinski definition) is 0. The van der Waals surface area contributed by atoms with E-state index in [1.165, 1.54) is 6.92 Å². The maximum Gasteiger partial charge on any atom is 0.322 e. The highest BCUT2D eigenvalue weighted by molar-refractivity contribution is 5.65. The predicted molar refractivity (Wildman–Crippen MR) is 62.3 cm³/mol. The highest BCUT2D eigenvalue weighted by Gasteiger charge is 2.31. The molecule has 0 aromatic heterocycles. The maximum atomic E-state index is 11.0. The second-order valence-electron chi connectivity index (χ2n) is 4.92. The average Bonchev–Trinajstić information content (AvgIpc) is 2.10. The molecular weight excluding hydrogens is 190 g/mol. The van der Waals surface area contributed by atoms with Gasteiger partial charge in [-0.3, -0.25) is 4.79 Å². The Labute approximate surface area is 93.7 Å². The number of carbonyl (C=O) groups excluding carboxylic acids is 1. The third kappa shape index (κ3) is 5.17. The molecular formula is C12H25NO2. The van der Waals surface area contributed by atoms with E-state index in [0.29, 0.717) is 0 Å². The van der Waals surface area contributed by atoms with Gasteiger partial charge in [0.25, 0.3) is 0 Å². The van der Waals surface area contributed by atoms with Crippen LogP contribution < -0.4 is 0 Å². The van der Waals surface area contributed by atoms with Crippen LogP contribution in [0.3, 0.4) is 0 Å². The van der Waals surface area contributed by atoms with Crippen LogP contribution in [0.2, 0.25) is 0 Å². The van der Waals surface area contributed by atoms with Gasteiger partial charge in [0.1, 0.15) is 0 Å². The Balaban J connectivity index is 4.50. The molecule has 90 valence electrons. The molecule has 0 aliphatic rings. The smallest absolute Gasteiger partial charge is 0.322 e. The predicted octanol–water partition coefficient (Wildman–Crippen LogP) is 3.14. The van der Waals surface area contributed by atoms with Gasteiger partial charge in [0, 0.05) is 13.0 Å². The van der Waals surface area contributed by atoms with Crippen molar-refractivity contribution in [2.75, 3.05) is 0 Å². The van der Waals surface area contributed by atoms with Gasteiger partial charge in [-0.25, -0.2) is 0 Å². The first-order chi connectivity index (χ1) is 6.81. The lowest BCUT2D eigenvalue weighted by molar-refractivity contribution is -0.228. The lowest BCUT2D eigenvalue weighted by Crippen LogP contribution is -2.48. The van der Waals surface area contributed by atoms with E-state index in [1.54, 1.807) is 0 Å². The number of hydroxylamine groups is 2. The van der Waals surface area contributed by atoms with Crippen LogP contribution in [-0.4, -0.2) is 22.6 Å². The molecule has 0 aromatic rings. The van der Waals surface area contributed by atoms with Crippen LogP contribution in [0.15, 0.2) is 0 Å². The number of nitrogens with zero attached hydrogens (tertiary/aromatic N) is 1. The highest BCUT2D eigenvalue weighted by atomic mass is 16.7. The van der Waals surface area contributed by atoms with Crippen LogP contribution in [0.25, 0.3) is 0 Å². The normalized spacial score (nSPS) is 12.3. The van der Waals surface area contributed by atoms with E-state index < -0.39 is 0 Å². The zero-order valence-electron chi connectivity index (χ0n) is 11.0. The third-order valence-corrected chi connectivity index (χ3v) is 2.43. The van der Waals surface area contributed by atoms with Crippen molar-refractivity contribution in [2.24, 2.45) is 0 Å².